The smallest absolute Gasteiger partial charge is 0.241 e. The molecule has 0 aromatic carbocycles. The van der Waals surface area contributed by atoms with Gasteiger partial charge in [0.25, 0.3) is 10.0 Å². The summed E-state index contributed by atoms with van der Waals surface area (Å²) < 4.78 is 38.1. The van der Waals surface area contributed by atoms with Crippen LogP contribution in [0.4, 0.5) is 4.39 Å². The van der Waals surface area contributed by atoms with E-state index in [0.717, 1.165) is 6.07 Å². The van der Waals surface area contributed by atoms with Crippen molar-refractivity contribution < 1.29 is 12.8 Å². The largest absolute Gasteiger partial charge is 0.261 e. The highest BCUT2D eigenvalue weighted by atomic mass is 32.2. The third-order valence-electron chi connectivity index (χ3n) is 1.52. The lowest BCUT2D eigenvalue weighted by Gasteiger charge is -2.04. The molecule has 1 N–H and O–H groups in total. The lowest BCUT2D eigenvalue weighted by atomic mass is 10.5. The van der Waals surface area contributed by atoms with Gasteiger partial charge in [-0.25, -0.2) is 22.5 Å². The second-order valence-corrected chi connectivity index (χ2v) is 4.37. The van der Waals surface area contributed by atoms with Crippen molar-refractivity contribution in [3.05, 3.63) is 24.1 Å². The molecule has 6 heteroatoms. The molecule has 78 valence electrons. The summed E-state index contributed by atoms with van der Waals surface area (Å²) in [6.07, 6.45) is 1.89. The molecular weight excluding hydrogens is 207 g/mol. The summed E-state index contributed by atoms with van der Waals surface area (Å²) >= 11 is 0. The van der Waals surface area contributed by atoms with Crippen LogP contribution in [0.5, 0.6) is 0 Å². The quantitative estimate of drug-likeness (QED) is 0.817. The van der Waals surface area contributed by atoms with Crippen LogP contribution in [0.1, 0.15) is 13.3 Å². The zero-order valence-corrected chi connectivity index (χ0v) is 8.51. The molecule has 1 heterocycles. The third kappa shape index (κ3) is 2.49. The van der Waals surface area contributed by atoms with E-state index < -0.39 is 20.9 Å². The summed E-state index contributed by atoms with van der Waals surface area (Å²) in [7, 11) is -3.79. The minimum Gasteiger partial charge on any atom is -0.241 e. The molecule has 0 spiro atoms. The normalized spacial score (nSPS) is 11.6. The monoisotopic (exact) mass is 218 g/mol. The van der Waals surface area contributed by atoms with Crippen molar-refractivity contribution in [1.29, 1.82) is 0 Å². The molecule has 0 saturated heterocycles. The predicted octanol–water partition coefficient (Wildman–Crippen LogP) is 0.909. The minimum atomic E-state index is -3.79. The van der Waals surface area contributed by atoms with E-state index in [-0.39, 0.29) is 6.54 Å². The minimum absolute atomic E-state index is 0.276. The number of rotatable bonds is 4. The Kier molecular flexibility index (Phi) is 3.54. The van der Waals surface area contributed by atoms with Crippen molar-refractivity contribution in [3.63, 3.8) is 0 Å². The zero-order valence-electron chi connectivity index (χ0n) is 7.70. The van der Waals surface area contributed by atoms with Crippen molar-refractivity contribution >= 4 is 10.0 Å². The Hall–Kier alpha value is -1.01. The van der Waals surface area contributed by atoms with Crippen LogP contribution in [-0.4, -0.2) is 19.9 Å². The molecule has 1 rings (SSSR count). The predicted molar refractivity (Wildman–Crippen MR) is 49.7 cm³/mol. The second kappa shape index (κ2) is 4.47. The lowest BCUT2D eigenvalue weighted by Crippen LogP contribution is -2.26. The Morgan fingerprint density at radius 2 is 2.29 bits per heavy atom. The Bertz CT molecular complexity index is 406. The first-order chi connectivity index (χ1) is 6.58. The van der Waals surface area contributed by atoms with Crippen molar-refractivity contribution in [2.24, 2.45) is 0 Å². The van der Waals surface area contributed by atoms with Crippen LogP contribution < -0.4 is 4.72 Å². The fourth-order valence-corrected chi connectivity index (χ4v) is 2.01. The van der Waals surface area contributed by atoms with Gasteiger partial charge >= 0.3 is 0 Å². The maximum Gasteiger partial charge on any atom is 0.261 e. The van der Waals surface area contributed by atoms with Crippen LogP contribution in [-0.2, 0) is 10.0 Å². The summed E-state index contributed by atoms with van der Waals surface area (Å²) in [5, 5.41) is -0.548. The number of nitrogens with zero attached hydrogens (tertiary/aromatic N) is 1. The van der Waals surface area contributed by atoms with Gasteiger partial charge in [0, 0.05) is 12.7 Å². The standard InChI is InChI=1S/C8H11FN2O2S/c1-2-5-11-14(12,13)8-7(9)4-3-6-10-8/h3-4,6,11H,2,5H2,1H3. The number of halogens is 1. The summed E-state index contributed by atoms with van der Waals surface area (Å²) in [6, 6.07) is 2.40. The van der Waals surface area contributed by atoms with E-state index in [1.165, 1.54) is 12.3 Å². The number of pyridine rings is 1. The second-order valence-electron chi connectivity index (χ2n) is 2.69. The van der Waals surface area contributed by atoms with Gasteiger partial charge in [-0.1, -0.05) is 6.92 Å². The average molecular weight is 218 g/mol. The van der Waals surface area contributed by atoms with E-state index in [2.05, 4.69) is 9.71 Å². The summed E-state index contributed by atoms with van der Waals surface area (Å²) in [6.45, 7) is 2.09. The molecule has 0 aliphatic heterocycles. The van der Waals surface area contributed by atoms with Crippen LogP contribution in [0.15, 0.2) is 23.4 Å². The van der Waals surface area contributed by atoms with E-state index >= 15 is 0 Å². The van der Waals surface area contributed by atoms with Gasteiger partial charge in [-0.3, -0.25) is 0 Å². The number of hydrogen-bond donors (Lipinski definition) is 1. The topological polar surface area (TPSA) is 59.1 Å². The first kappa shape index (κ1) is 11.1. The Balaban J connectivity index is 2.99. The zero-order chi connectivity index (χ0) is 10.6. The highest BCUT2D eigenvalue weighted by Gasteiger charge is 2.18. The van der Waals surface area contributed by atoms with Gasteiger partial charge in [-0.05, 0) is 18.6 Å². The molecule has 0 bridgehead atoms. The third-order valence-corrected chi connectivity index (χ3v) is 2.92. The molecular formula is C8H11FN2O2S. The van der Waals surface area contributed by atoms with Crippen molar-refractivity contribution in [3.8, 4) is 0 Å². The fraction of sp³-hybridized carbons (Fsp3) is 0.375. The maximum absolute atomic E-state index is 13.0. The molecule has 0 fully saturated rings. The molecule has 1 aromatic heterocycles. The van der Waals surface area contributed by atoms with Crippen LogP contribution in [0.25, 0.3) is 0 Å². The van der Waals surface area contributed by atoms with E-state index in [1.54, 1.807) is 0 Å². The van der Waals surface area contributed by atoms with Crippen LogP contribution >= 0.6 is 0 Å². The van der Waals surface area contributed by atoms with Gasteiger partial charge in [0.2, 0.25) is 5.03 Å². The first-order valence-corrected chi connectivity index (χ1v) is 5.66. The van der Waals surface area contributed by atoms with E-state index in [4.69, 9.17) is 0 Å². The van der Waals surface area contributed by atoms with Crippen molar-refractivity contribution in [2.75, 3.05) is 6.54 Å². The van der Waals surface area contributed by atoms with Gasteiger partial charge < -0.3 is 0 Å². The van der Waals surface area contributed by atoms with E-state index in [1.807, 2.05) is 6.92 Å². The highest BCUT2D eigenvalue weighted by molar-refractivity contribution is 7.89. The van der Waals surface area contributed by atoms with Gasteiger partial charge in [-0.15, -0.1) is 0 Å². The average Bonchev–Trinajstić information content (AvgIpc) is 2.15. The summed E-state index contributed by atoms with van der Waals surface area (Å²) in [5.74, 6) is -0.837. The highest BCUT2D eigenvalue weighted by Crippen LogP contribution is 2.09. The van der Waals surface area contributed by atoms with Gasteiger partial charge in [0.05, 0.1) is 0 Å². The van der Waals surface area contributed by atoms with Crippen LogP contribution in [0.2, 0.25) is 0 Å². The van der Waals surface area contributed by atoms with Crippen LogP contribution in [0, 0.1) is 5.82 Å². The fourth-order valence-electron chi connectivity index (χ4n) is 0.874. The molecule has 0 unspecified atom stereocenters. The number of hydrogen-bond acceptors (Lipinski definition) is 3. The Morgan fingerprint density at radius 1 is 1.57 bits per heavy atom. The first-order valence-electron chi connectivity index (χ1n) is 4.18. The number of aromatic nitrogens is 1. The molecule has 0 saturated carbocycles. The van der Waals surface area contributed by atoms with E-state index in [0.29, 0.717) is 6.42 Å². The van der Waals surface area contributed by atoms with Gasteiger partial charge in [-0.2, -0.15) is 0 Å². The Labute approximate surface area is 82.2 Å². The molecule has 14 heavy (non-hydrogen) atoms. The summed E-state index contributed by atoms with van der Waals surface area (Å²) in [5.41, 5.74) is 0. The summed E-state index contributed by atoms with van der Waals surface area (Å²) in [4.78, 5) is 3.48. The maximum atomic E-state index is 13.0. The SMILES string of the molecule is CCCNS(=O)(=O)c1ncccc1F. The molecule has 0 aliphatic rings. The van der Waals surface area contributed by atoms with Gasteiger partial charge in [0.1, 0.15) is 0 Å². The number of sulfonamides is 1. The molecule has 4 nitrogen and oxygen atoms in total. The molecule has 0 atom stereocenters. The van der Waals surface area contributed by atoms with Crippen molar-refractivity contribution in [2.45, 2.75) is 18.4 Å². The molecule has 0 amide bonds. The van der Waals surface area contributed by atoms with Crippen molar-refractivity contribution in [1.82, 2.24) is 9.71 Å². The molecule has 1 aromatic rings. The number of nitrogens with one attached hydrogen (secondary N) is 1. The molecule has 0 aliphatic carbocycles. The van der Waals surface area contributed by atoms with Gasteiger partial charge in [0.15, 0.2) is 5.82 Å². The lowest BCUT2D eigenvalue weighted by molar-refractivity contribution is 0.544. The Morgan fingerprint density at radius 3 is 2.86 bits per heavy atom. The molecule has 0 radical (unpaired) electrons. The van der Waals surface area contributed by atoms with E-state index in [9.17, 15) is 12.8 Å². The van der Waals surface area contributed by atoms with Crippen LogP contribution in [0.3, 0.4) is 0 Å².